The van der Waals surface area contributed by atoms with Crippen LogP contribution in [0.2, 0.25) is 0 Å². The molecule has 148 valence electrons. The zero-order chi connectivity index (χ0) is 18.5. The maximum absolute atomic E-state index is 12.3. The van der Waals surface area contributed by atoms with E-state index < -0.39 is 5.60 Å². The minimum Gasteiger partial charge on any atom is -0.389 e. The van der Waals surface area contributed by atoms with E-state index in [-0.39, 0.29) is 23.7 Å². The lowest BCUT2D eigenvalue weighted by Crippen LogP contribution is -2.52. The molecule has 8 atom stereocenters. The molecule has 26 heavy (non-hydrogen) atoms. The van der Waals surface area contributed by atoms with Crippen molar-refractivity contribution < 1.29 is 19.7 Å². The predicted molar refractivity (Wildman–Crippen MR) is 99.5 cm³/mol. The van der Waals surface area contributed by atoms with E-state index in [0.717, 1.165) is 49.9 Å². The van der Waals surface area contributed by atoms with E-state index >= 15 is 0 Å². The van der Waals surface area contributed by atoms with Crippen molar-refractivity contribution in [2.24, 2.45) is 40.9 Å². The van der Waals surface area contributed by atoms with E-state index in [1.54, 1.807) is 7.11 Å². The van der Waals surface area contributed by atoms with Crippen molar-refractivity contribution in [1.29, 1.82) is 0 Å². The topological polar surface area (TPSA) is 66.8 Å². The van der Waals surface area contributed by atoms with E-state index in [1.807, 2.05) is 0 Å². The molecule has 0 spiro atoms. The fourth-order valence-corrected chi connectivity index (χ4v) is 8.00. The lowest BCUT2D eigenvalue weighted by molar-refractivity contribution is -0.138. The van der Waals surface area contributed by atoms with E-state index in [0.29, 0.717) is 18.4 Å². The predicted octanol–water partition coefficient (Wildman–Crippen LogP) is 3.19. The number of hydrogen-bond donors (Lipinski definition) is 2. The standard InChI is InChI=1S/C22H36O4/c1-21-9-7-16-15-8-10-22(25,13-26-2)11-14(15)3-4-17(16)18(21)5-6-19(21)20(24)12-23/h14-19,23,25H,3-13H2,1-2H3/t14?,15-,16+,17+,18-,19+,21-,22-/m0/s1. The average molecular weight is 365 g/mol. The highest BCUT2D eigenvalue weighted by Gasteiger charge is 2.58. The van der Waals surface area contributed by atoms with E-state index in [2.05, 4.69) is 6.92 Å². The molecule has 4 nitrogen and oxygen atoms in total. The van der Waals surface area contributed by atoms with Gasteiger partial charge >= 0.3 is 0 Å². The van der Waals surface area contributed by atoms with Crippen molar-refractivity contribution >= 4 is 5.78 Å². The average Bonchev–Trinajstić information content (AvgIpc) is 2.98. The second-order valence-corrected chi connectivity index (χ2v) is 10.1. The quantitative estimate of drug-likeness (QED) is 0.804. The molecule has 0 aromatic rings. The Labute approximate surface area is 157 Å². The molecule has 0 heterocycles. The number of aliphatic hydroxyl groups is 2. The van der Waals surface area contributed by atoms with Gasteiger partial charge in [-0.3, -0.25) is 4.79 Å². The summed E-state index contributed by atoms with van der Waals surface area (Å²) in [5, 5.41) is 20.2. The summed E-state index contributed by atoms with van der Waals surface area (Å²) in [6.45, 7) is 2.52. The number of hydrogen-bond acceptors (Lipinski definition) is 4. The van der Waals surface area contributed by atoms with Crippen LogP contribution in [0.5, 0.6) is 0 Å². The van der Waals surface area contributed by atoms with Gasteiger partial charge in [0.2, 0.25) is 0 Å². The highest BCUT2D eigenvalue weighted by molar-refractivity contribution is 5.83. The van der Waals surface area contributed by atoms with Crippen LogP contribution in [0.1, 0.15) is 64.7 Å². The Morgan fingerprint density at radius 1 is 1.04 bits per heavy atom. The van der Waals surface area contributed by atoms with Crippen LogP contribution in [0.4, 0.5) is 0 Å². The molecule has 4 heteroatoms. The Morgan fingerprint density at radius 2 is 1.81 bits per heavy atom. The Kier molecular flexibility index (Phi) is 4.98. The Bertz CT molecular complexity index is 548. The Hall–Kier alpha value is -0.450. The zero-order valence-electron chi connectivity index (χ0n) is 16.5. The van der Waals surface area contributed by atoms with Gasteiger partial charge in [0.1, 0.15) is 6.61 Å². The highest BCUT2D eigenvalue weighted by Crippen LogP contribution is 2.64. The van der Waals surface area contributed by atoms with Crippen molar-refractivity contribution in [2.75, 3.05) is 20.3 Å². The first-order valence-electron chi connectivity index (χ1n) is 10.8. The molecule has 0 radical (unpaired) electrons. The van der Waals surface area contributed by atoms with Crippen LogP contribution in [0.25, 0.3) is 0 Å². The molecule has 4 aliphatic carbocycles. The molecule has 4 aliphatic rings. The van der Waals surface area contributed by atoms with E-state index in [4.69, 9.17) is 4.74 Å². The van der Waals surface area contributed by atoms with Crippen molar-refractivity contribution in [3.05, 3.63) is 0 Å². The summed E-state index contributed by atoms with van der Waals surface area (Å²) in [4.78, 5) is 12.3. The molecular formula is C22H36O4. The van der Waals surface area contributed by atoms with E-state index in [1.165, 1.54) is 25.7 Å². The van der Waals surface area contributed by atoms with Crippen LogP contribution in [0, 0.1) is 40.9 Å². The van der Waals surface area contributed by atoms with Crippen LogP contribution in [0.3, 0.4) is 0 Å². The van der Waals surface area contributed by atoms with Gasteiger partial charge < -0.3 is 14.9 Å². The molecule has 0 saturated heterocycles. The minimum absolute atomic E-state index is 0.0735. The van der Waals surface area contributed by atoms with Crippen LogP contribution in [0.15, 0.2) is 0 Å². The van der Waals surface area contributed by atoms with Gasteiger partial charge in [0.25, 0.3) is 0 Å². The first-order valence-corrected chi connectivity index (χ1v) is 10.8. The van der Waals surface area contributed by atoms with Gasteiger partial charge in [-0.05, 0) is 92.8 Å². The summed E-state index contributed by atoms with van der Waals surface area (Å²) in [6.07, 6.45) is 9.91. The molecule has 2 N–H and O–H groups in total. The third-order valence-corrected chi connectivity index (χ3v) is 9.06. The number of ketones is 1. The fraction of sp³-hybridized carbons (Fsp3) is 0.955. The largest absolute Gasteiger partial charge is 0.389 e. The normalized spacial score (nSPS) is 50.6. The fourth-order valence-electron chi connectivity index (χ4n) is 8.00. The van der Waals surface area contributed by atoms with Crippen LogP contribution in [-0.2, 0) is 9.53 Å². The first kappa shape index (κ1) is 18.9. The summed E-state index contributed by atoms with van der Waals surface area (Å²) >= 11 is 0. The van der Waals surface area contributed by atoms with Crippen LogP contribution < -0.4 is 0 Å². The molecule has 0 aromatic carbocycles. The number of Topliss-reactive ketones (excluding diaryl/α,β-unsaturated/α-hetero) is 1. The van der Waals surface area contributed by atoms with Gasteiger partial charge in [-0.2, -0.15) is 0 Å². The summed E-state index contributed by atoms with van der Waals surface area (Å²) in [7, 11) is 1.69. The molecule has 4 rings (SSSR count). The molecule has 0 aliphatic heterocycles. The molecule has 4 fully saturated rings. The molecular weight excluding hydrogens is 328 g/mol. The van der Waals surface area contributed by atoms with Gasteiger partial charge in [0.15, 0.2) is 5.78 Å². The Balaban J connectivity index is 1.50. The summed E-state index contributed by atoms with van der Waals surface area (Å²) in [5.74, 6) is 3.73. The number of ether oxygens (including phenoxy) is 1. The molecule has 0 amide bonds. The number of carbonyl (C=O) groups excluding carboxylic acids is 1. The zero-order valence-corrected chi connectivity index (χ0v) is 16.5. The van der Waals surface area contributed by atoms with Gasteiger partial charge in [0, 0.05) is 13.0 Å². The second-order valence-electron chi connectivity index (χ2n) is 10.1. The van der Waals surface area contributed by atoms with Crippen molar-refractivity contribution in [2.45, 2.75) is 70.3 Å². The molecule has 1 unspecified atom stereocenters. The van der Waals surface area contributed by atoms with Crippen molar-refractivity contribution in [3.63, 3.8) is 0 Å². The number of rotatable bonds is 4. The maximum Gasteiger partial charge on any atom is 0.161 e. The molecule has 0 bridgehead atoms. The smallest absolute Gasteiger partial charge is 0.161 e. The van der Waals surface area contributed by atoms with E-state index in [9.17, 15) is 15.0 Å². The summed E-state index contributed by atoms with van der Waals surface area (Å²) in [6, 6.07) is 0. The lowest BCUT2D eigenvalue weighted by atomic mass is 9.49. The maximum atomic E-state index is 12.3. The van der Waals surface area contributed by atoms with Crippen molar-refractivity contribution in [1.82, 2.24) is 0 Å². The monoisotopic (exact) mass is 364 g/mol. The van der Waals surface area contributed by atoms with Crippen molar-refractivity contribution in [3.8, 4) is 0 Å². The summed E-state index contributed by atoms with van der Waals surface area (Å²) in [5.41, 5.74) is -0.503. The lowest BCUT2D eigenvalue weighted by Gasteiger charge is -2.57. The third-order valence-electron chi connectivity index (χ3n) is 9.06. The highest BCUT2D eigenvalue weighted by atomic mass is 16.5. The molecule has 4 saturated carbocycles. The first-order chi connectivity index (χ1) is 12.4. The Morgan fingerprint density at radius 3 is 2.54 bits per heavy atom. The summed E-state index contributed by atoms with van der Waals surface area (Å²) < 4.78 is 5.28. The molecule has 0 aromatic heterocycles. The van der Waals surface area contributed by atoms with Gasteiger partial charge in [-0.1, -0.05) is 6.92 Å². The van der Waals surface area contributed by atoms with Gasteiger partial charge in [0.05, 0.1) is 12.2 Å². The van der Waals surface area contributed by atoms with Gasteiger partial charge in [-0.15, -0.1) is 0 Å². The number of aliphatic hydroxyl groups excluding tert-OH is 1. The van der Waals surface area contributed by atoms with Crippen LogP contribution >= 0.6 is 0 Å². The number of fused-ring (bicyclic) bond motifs is 5. The SMILES string of the molecule is COC[C@]1(O)CC[C@H]2C(CC[C@@H]3[C@@H]2CC[C@]2(C)[C@@H](C(=O)CO)CC[C@@H]32)C1. The minimum atomic E-state index is -0.613. The van der Waals surface area contributed by atoms with Gasteiger partial charge in [-0.25, -0.2) is 0 Å². The number of carbonyl (C=O) groups is 1. The second kappa shape index (κ2) is 6.86. The van der Waals surface area contributed by atoms with Crippen LogP contribution in [-0.4, -0.2) is 41.9 Å². The number of methoxy groups -OCH3 is 1. The third kappa shape index (κ3) is 2.87.